The zero-order valence-electron chi connectivity index (χ0n) is 19.8. The molecule has 3 aliphatic rings. The minimum Gasteiger partial charge on any atom is -0.350 e. The molecule has 1 N–H and O–H groups in total. The van der Waals surface area contributed by atoms with Gasteiger partial charge in [-0.3, -0.25) is 9.78 Å². The third kappa shape index (κ3) is 3.72. The number of fused-ring (bicyclic) bond motifs is 1. The Bertz CT molecular complexity index is 1630. The van der Waals surface area contributed by atoms with Gasteiger partial charge in [0.1, 0.15) is 17.7 Å². The number of nitrogens with one attached hydrogen (secondary N) is 1. The van der Waals surface area contributed by atoms with E-state index in [1.807, 2.05) is 0 Å². The molecule has 2 saturated carbocycles. The van der Waals surface area contributed by atoms with Crippen LogP contribution in [-0.2, 0) is 27.5 Å². The molecule has 1 aliphatic heterocycles. The number of hydrogen-bond acceptors (Lipinski definition) is 6. The minimum absolute atomic E-state index is 0.00751. The lowest BCUT2D eigenvalue weighted by molar-refractivity contribution is -0.145. The fourth-order valence-electron chi connectivity index (χ4n) is 5.69. The van der Waals surface area contributed by atoms with E-state index < -0.39 is 75.3 Å². The van der Waals surface area contributed by atoms with E-state index in [1.54, 1.807) is 0 Å². The number of alkyl halides is 5. The fraction of sp³-hybridized carbons (Fsp3) is 0.333. The lowest BCUT2D eigenvalue weighted by atomic mass is 9.99. The molecular weight excluding hydrogens is 571 g/mol. The molecule has 0 bridgehead atoms. The Labute approximate surface area is 221 Å². The molecule has 1 spiro atoms. The van der Waals surface area contributed by atoms with Crippen molar-refractivity contribution in [1.82, 2.24) is 24.6 Å². The molecule has 1 aromatic carbocycles. The van der Waals surface area contributed by atoms with Crippen molar-refractivity contribution in [1.29, 1.82) is 0 Å². The van der Waals surface area contributed by atoms with Crippen molar-refractivity contribution < 1.29 is 43.9 Å². The molecule has 3 aromatic rings. The summed E-state index contributed by atoms with van der Waals surface area (Å²) in [4.78, 5) is 23.1. The molecule has 2 aromatic heterocycles. The van der Waals surface area contributed by atoms with Crippen LogP contribution < -0.4 is 5.32 Å². The van der Waals surface area contributed by atoms with E-state index in [9.17, 15) is 43.9 Å². The first-order chi connectivity index (χ1) is 18.7. The SMILES string of the molecule is O=C(NCc1cc(-c2cnc(C(F)(F)F)nc2)ncc1F)[C@H]1N(S(=O)(=O)c2ccc(F)cc2)C[C@@H]2C3C(F)(F)[C@@]321. The summed E-state index contributed by atoms with van der Waals surface area (Å²) in [6.45, 7) is -0.903. The molecule has 40 heavy (non-hydrogen) atoms. The number of pyridine rings is 1. The number of halogens is 7. The van der Waals surface area contributed by atoms with Gasteiger partial charge in [0, 0.05) is 42.5 Å². The predicted octanol–water partition coefficient (Wildman–Crippen LogP) is 3.41. The molecular formula is C24H16F7N5O3S. The van der Waals surface area contributed by atoms with E-state index in [2.05, 4.69) is 20.3 Å². The van der Waals surface area contributed by atoms with Crippen molar-refractivity contribution in [3.8, 4) is 11.3 Å². The Kier molecular flexibility index (Phi) is 5.59. The van der Waals surface area contributed by atoms with Gasteiger partial charge >= 0.3 is 6.18 Å². The highest BCUT2D eigenvalue weighted by atomic mass is 32.2. The van der Waals surface area contributed by atoms with Crippen LogP contribution >= 0.6 is 0 Å². The Balaban J connectivity index is 1.24. The highest BCUT2D eigenvalue weighted by Crippen LogP contribution is 2.92. The van der Waals surface area contributed by atoms with Gasteiger partial charge in [-0.1, -0.05) is 0 Å². The van der Waals surface area contributed by atoms with Crippen LogP contribution in [0.5, 0.6) is 0 Å². The summed E-state index contributed by atoms with van der Waals surface area (Å²) in [5, 5.41) is 2.31. The maximum absolute atomic E-state index is 14.5. The number of amides is 1. The van der Waals surface area contributed by atoms with Crippen LogP contribution in [0.3, 0.4) is 0 Å². The Hall–Kier alpha value is -3.66. The Morgan fingerprint density at radius 3 is 2.30 bits per heavy atom. The Morgan fingerprint density at radius 1 is 1.05 bits per heavy atom. The number of carbonyl (C=O) groups is 1. The molecule has 0 radical (unpaired) electrons. The van der Waals surface area contributed by atoms with E-state index in [4.69, 9.17) is 0 Å². The molecule has 1 unspecified atom stereocenters. The molecule has 1 amide bonds. The number of sulfonamides is 1. The molecule has 3 fully saturated rings. The number of benzene rings is 1. The smallest absolute Gasteiger partial charge is 0.350 e. The maximum atomic E-state index is 14.5. The van der Waals surface area contributed by atoms with Crippen molar-refractivity contribution in [3.05, 3.63) is 71.9 Å². The zero-order chi connectivity index (χ0) is 28.8. The van der Waals surface area contributed by atoms with Crippen molar-refractivity contribution in [3.63, 3.8) is 0 Å². The largest absolute Gasteiger partial charge is 0.451 e. The highest BCUT2D eigenvalue weighted by molar-refractivity contribution is 7.89. The van der Waals surface area contributed by atoms with Crippen LogP contribution in [0, 0.1) is 28.9 Å². The molecule has 1 saturated heterocycles. The van der Waals surface area contributed by atoms with Gasteiger partial charge in [0.15, 0.2) is 0 Å². The average molecular weight is 587 g/mol. The van der Waals surface area contributed by atoms with E-state index >= 15 is 0 Å². The lowest BCUT2D eigenvalue weighted by Crippen LogP contribution is -2.49. The van der Waals surface area contributed by atoms with Crippen LogP contribution in [0.15, 0.2) is 53.8 Å². The van der Waals surface area contributed by atoms with E-state index in [0.717, 1.165) is 48.9 Å². The summed E-state index contributed by atoms with van der Waals surface area (Å²) in [5.41, 5.74) is -2.10. The van der Waals surface area contributed by atoms with Gasteiger partial charge in [0.05, 0.1) is 22.2 Å². The van der Waals surface area contributed by atoms with Crippen LogP contribution in [0.4, 0.5) is 30.7 Å². The van der Waals surface area contributed by atoms with Gasteiger partial charge in [-0.25, -0.2) is 35.9 Å². The molecule has 6 rings (SSSR count). The highest BCUT2D eigenvalue weighted by Gasteiger charge is 3.05. The second-order valence-electron chi connectivity index (χ2n) is 9.74. The summed E-state index contributed by atoms with van der Waals surface area (Å²) >= 11 is 0. The van der Waals surface area contributed by atoms with Crippen molar-refractivity contribution in [2.45, 2.75) is 29.6 Å². The van der Waals surface area contributed by atoms with Gasteiger partial charge in [-0.2, -0.15) is 17.5 Å². The van der Waals surface area contributed by atoms with Crippen molar-refractivity contribution in [2.75, 3.05) is 6.54 Å². The van der Waals surface area contributed by atoms with Crippen molar-refractivity contribution >= 4 is 15.9 Å². The van der Waals surface area contributed by atoms with Gasteiger partial charge in [0.2, 0.25) is 21.8 Å². The zero-order valence-corrected chi connectivity index (χ0v) is 20.6. The topological polar surface area (TPSA) is 105 Å². The third-order valence-electron chi connectivity index (χ3n) is 7.68. The number of nitrogens with zero attached hydrogens (tertiary/aromatic N) is 4. The molecule has 16 heteroatoms. The molecule has 4 atom stereocenters. The van der Waals surface area contributed by atoms with Gasteiger partial charge < -0.3 is 5.32 Å². The van der Waals surface area contributed by atoms with E-state index in [1.165, 1.54) is 0 Å². The second kappa shape index (κ2) is 8.42. The first-order valence-electron chi connectivity index (χ1n) is 11.7. The summed E-state index contributed by atoms with van der Waals surface area (Å²) < 4.78 is 122. The summed E-state index contributed by atoms with van der Waals surface area (Å²) in [6, 6.07) is 3.01. The first-order valence-corrected chi connectivity index (χ1v) is 13.1. The van der Waals surface area contributed by atoms with Gasteiger partial charge in [-0.05, 0) is 36.2 Å². The maximum Gasteiger partial charge on any atom is 0.451 e. The van der Waals surface area contributed by atoms with Crippen LogP contribution in [0.1, 0.15) is 11.4 Å². The number of carbonyl (C=O) groups excluding carboxylic acids is 1. The van der Waals surface area contributed by atoms with Crippen LogP contribution in [0.2, 0.25) is 0 Å². The third-order valence-corrected chi connectivity index (χ3v) is 9.53. The first kappa shape index (κ1) is 26.6. The van der Waals surface area contributed by atoms with Crippen molar-refractivity contribution in [2.24, 2.45) is 17.3 Å². The fourth-order valence-corrected chi connectivity index (χ4v) is 7.35. The average Bonchev–Trinajstić information content (AvgIpc) is 3.67. The normalized spacial score (nSPS) is 26.6. The summed E-state index contributed by atoms with van der Waals surface area (Å²) in [7, 11) is -4.47. The monoisotopic (exact) mass is 587 g/mol. The number of rotatable bonds is 6. The molecule has 2 aliphatic carbocycles. The summed E-state index contributed by atoms with van der Waals surface area (Å²) in [6.07, 6.45) is -2.37. The lowest BCUT2D eigenvalue weighted by Gasteiger charge is -2.26. The summed E-state index contributed by atoms with van der Waals surface area (Å²) in [5.74, 6) is -9.26. The molecule has 3 heterocycles. The second-order valence-corrected chi connectivity index (χ2v) is 11.6. The number of aromatic nitrogens is 3. The van der Waals surface area contributed by atoms with Crippen LogP contribution in [-0.4, -0.2) is 52.1 Å². The minimum atomic E-state index is -4.78. The van der Waals surface area contributed by atoms with E-state index in [-0.39, 0.29) is 28.3 Å². The number of piperidine rings is 1. The number of hydrogen-bond donors (Lipinski definition) is 1. The van der Waals surface area contributed by atoms with Gasteiger partial charge in [-0.15, -0.1) is 0 Å². The molecule has 210 valence electrons. The quantitative estimate of drug-likeness (QED) is 0.444. The van der Waals surface area contributed by atoms with Gasteiger partial charge in [0.25, 0.3) is 5.92 Å². The molecule has 8 nitrogen and oxygen atoms in total. The Morgan fingerprint density at radius 2 is 1.70 bits per heavy atom. The standard InChI is InChI=1S/C24H16F7N5O3S/c25-13-1-3-14(4-2-13)40(38,39)36-10-15-18-22(15,23(18,27)28)19(36)20(37)33-6-11-5-17(32-9-16(11)26)12-7-34-21(35-8-12)24(29,30)31/h1-5,7-9,15,18-19H,6,10H2,(H,33,37)/t15-,18?,19-,22-/m1/s1. The van der Waals surface area contributed by atoms with Crippen LogP contribution in [0.25, 0.3) is 11.3 Å². The van der Waals surface area contributed by atoms with E-state index in [0.29, 0.717) is 4.31 Å². The predicted molar refractivity (Wildman–Crippen MR) is 121 cm³/mol.